The number of benzene rings is 1. The number of aliphatic hydroxyl groups is 2. The first kappa shape index (κ1) is 21.1. The van der Waals surface area contributed by atoms with Crippen molar-refractivity contribution in [1.29, 1.82) is 0 Å². The van der Waals surface area contributed by atoms with Crippen molar-refractivity contribution < 1.29 is 10.2 Å². The van der Waals surface area contributed by atoms with Crippen LogP contribution < -0.4 is 10.6 Å². The largest absolute Gasteiger partial charge is 0.392 e. The molecular formula is C19H35N3O2. The second-order valence-electron chi connectivity index (χ2n) is 6.55. The Labute approximate surface area is 147 Å². The number of rotatable bonds is 13. The lowest BCUT2D eigenvalue weighted by atomic mass is 10.1. The van der Waals surface area contributed by atoms with E-state index in [1.54, 1.807) is 6.92 Å². The van der Waals surface area contributed by atoms with Gasteiger partial charge in [0.2, 0.25) is 0 Å². The van der Waals surface area contributed by atoms with Crippen molar-refractivity contribution >= 4 is 0 Å². The van der Waals surface area contributed by atoms with Crippen LogP contribution in [-0.2, 0) is 13.0 Å². The molecule has 2 atom stereocenters. The summed E-state index contributed by atoms with van der Waals surface area (Å²) < 4.78 is 0. The van der Waals surface area contributed by atoms with E-state index < -0.39 is 0 Å². The van der Waals surface area contributed by atoms with Gasteiger partial charge in [-0.15, -0.1) is 0 Å². The van der Waals surface area contributed by atoms with Gasteiger partial charge in [0, 0.05) is 45.8 Å². The van der Waals surface area contributed by atoms with E-state index >= 15 is 0 Å². The highest BCUT2D eigenvalue weighted by Gasteiger charge is 2.08. The molecule has 0 aliphatic rings. The number of nitrogens with one attached hydrogen (secondary N) is 2. The number of aryl methyl sites for hydroxylation is 1. The van der Waals surface area contributed by atoms with Crippen molar-refractivity contribution in [3.05, 3.63) is 35.4 Å². The molecule has 0 saturated heterocycles. The average Bonchev–Trinajstić information content (AvgIpc) is 2.55. The summed E-state index contributed by atoms with van der Waals surface area (Å²) in [6.45, 7) is 11.4. The topological polar surface area (TPSA) is 67.8 Å². The van der Waals surface area contributed by atoms with Crippen molar-refractivity contribution in [3.8, 4) is 0 Å². The molecule has 0 radical (unpaired) electrons. The van der Waals surface area contributed by atoms with Gasteiger partial charge in [-0.25, -0.2) is 0 Å². The van der Waals surface area contributed by atoms with Crippen LogP contribution in [0.25, 0.3) is 0 Å². The quantitative estimate of drug-likeness (QED) is 0.404. The summed E-state index contributed by atoms with van der Waals surface area (Å²) in [5.41, 5.74) is 2.67. The molecule has 138 valence electrons. The van der Waals surface area contributed by atoms with E-state index in [0.717, 1.165) is 39.1 Å². The molecule has 5 heteroatoms. The van der Waals surface area contributed by atoms with Crippen LogP contribution in [0.1, 0.15) is 31.9 Å². The van der Waals surface area contributed by atoms with E-state index in [1.807, 2.05) is 6.92 Å². The molecule has 0 aliphatic carbocycles. The summed E-state index contributed by atoms with van der Waals surface area (Å²) in [6, 6.07) is 8.73. The van der Waals surface area contributed by atoms with E-state index in [1.165, 1.54) is 11.1 Å². The molecule has 0 saturated carbocycles. The Morgan fingerprint density at radius 1 is 0.917 bits per heavy atom. The first-order valence-corrected chi connectivity index (χ1v) is 9.09. The molecule has 24 heavy (non-hydrogen) atoms. The highest BCUT2D eigenvalue weighted by atomic mass is 16.3. The molecule has 0 unspecified atom stereocenters. The van der Waals surface area contributed by atoms with Gasteiger partial charge in [-0.2, -0.15) is 0 Å². The normalized spacial score (nSPS) is 14.1. The molecule has 5 nitrogen and oxygen atoms in total. The number of nitrogens with zero attached hydrogens (tertiary/aromatic N) is 1. The van der Waals surface area contributed by atoms with Crippen LogP contribution in [0.3, 0.4) is 0 Å². The van der Waals surface area contributed by atoms with Crippen LogP contribution in [0.4, 0.5) is 0 Å². The molecule has 0 heterocycles. The van der Waals surface area contributed by atoms with Gasteiger partial charge in [0.05, 0.1) is 12.2 Å². The van der Waals surface area contributed by atoms with Crippen LogP contribution in [-0.4, -0.2) is 66.6 Å². The molecule has 0 amide bonds. The zero-order chi connectivity index (χ0) is 17.8. The van der Waals surface area contributed by atoms with Crippen molar-refractivity contribution in [2.45, 2.75) is 45.9 Å². The third-order valence-corrected chi connectivity index (χ3v) is 3.93. The van der Waals surface area contributed by atoms with Crippen LogP contribution in [0.2, 0.25) is 0 Å². The Morgan fingerprint density at radius 2 is 1.50 bits per heavy atom. The second-order valence-corrected chi connectivity index (χ2v) is 6.55. The van der Waals surface area contributed by atoms with Gasteiger partial charge in [-0.3, -0.25) is 4.90 Å². The summed E-state index contributed by atoms with van der Waals surface area (Å²) in [6.07, 6.45) is 0.421. The van der Waals surface area contributed by atoms with E-state index in [2.05, 4.69) is 46.7 Å². The maximum atomic E-state index is 9.63. The molecule has 1 rings (SSSR count). The van der Waals surface area contributed by atoms with Gasteiger partial charge in [0.25, 0.3) is 0 Å². The monoisotopic (exact) mass is 337 g/mol. The molecule has 0 aliphatic heterocycles. The fourth-order valence-electron chi connectivity index (χ4n) is 2.58. The molecule has 1 aromatic carbocycles. The van der Waals surface area contributed by atoms with Gasteiger partial charge >= 0.3 is 0 Å². The molecule has 0 fully saturated rings. The van der Waals surface area contributed by atoms with Crippen molar-refractivity contribution in [2.75, 3.05) is 39.3 Å². The summed E-state index contributed by atoms with van der Waals surface area (Å²) in [7, 11) is 0. The van der Waals surface area contributed by atoms with Gasteiger partial charge in [0.1, 0.15) is 0 Å². The standard InChI is InChI=1S/C19H35N3O2/c1-4-18-5-7-19(8-6-18)14-21-10-12-22(15-17(3)24)11-9-20-13-16(2)23/h5-8,16-17,20-21,23-24H,4,9-15H2,1-3H3/t16-,17-/m0/s1. The van der Waals surface area contributed by atoms with Crippen molar-refractivity contribution in [2.24, 2.45) is 0 Å². The molecule has 4 N–H and O–H groups in total. The van der Waals surface area contributed by atoms with Gasteiger partial charge in [-0.1, -0.05) is 31.2 Å². The minimum atomic E-state index is -0.330. The number of hydrogen-bond acceptors (Lipinski definition) is 5. The molecular weight excluding hydrogens is 302 g/mol. The predicted molar refractivity (Wildman–Crippen MR) is 100 cm³/mol. The summed E-state index contributed by atoms with van der Waals surface area (Å²) in [4.78, 5) is 2.24. The third kappa shape index (κ3) is 10.0. The fourth-order valence-corrected chi connectivity index (χ4v) is 2.58. The lowest BCUT2D eigenvalue weighted by Gasteiger charge is -2.24. The molecule has 0 spiro atoms. The lowest BCUT2D eigenvalue weighted by molar-refractivity contribution is 0.125. The van der Waals surface area contributed by atoms with Gasteiger partial charge in [-0.05, 0) is 31.4 Å². The maximum Gasteiger partial charge on any atom is 0.0639 e. The van der Waals surface area contributed by atoms with E-state index in [4.69, 9.17) is 0 Å². The highest BCUT2D eigenvalue weighted by molar-refractivity contribution is 5.22. The Bertz CT molecular complexity index is 421. The summed E-state index contributed by atoms with van der Waals surface area (Å²) >= 11 is 0. The van der Waals surface area contributed by atoms with E-state index in [9.17, 15) is 10.2 Å². The molecule has 1 aromatic rings. The van der Waals surface area contributed by atoms with Crippen LogP contribution >= 0.6 is 0 Å². The molecule has 0 bridgehead atoms. The highest BCUT2D eigenvalue weighted by Crippen LogP contribution is 2.04. The average molecular weight is 338 g/mol. The van der Waals surface area contributed by atoms with Gasteiger partial charge < -0.3 is 20.8 Å². The summed E-state index contributed by atoms with van der Waals surface area (Å²) in [5.74, 6) is 0. The van der Waals surface area contributed by atoms with E-state index in [-0.39, 0.29) is 12.2 Å². The van der Waals surface area contributed by atoms with Crippen LogP contribution in [0.5, 0.6) is 0 Å². The van der Waals surface area contributed by atoms with Crippen molar-refractivity contribution in [3.63, 3.8) is 0 Å². The Balaban J connectivity index is 2.24. The lowest BCUT2D eigenvalue weighted by Crippen LogP contribution is -2.41. The van der Waals surface area contributed by atoms with Crippen molar-refractivity contribution in [1.82, 2.24) is 15.5 Å². The summed E-state index contributed by atoms with van der Waals surface area (Å²) in [5, 5.41) is 25.6. The molecule has 0 aromatic heterocycles. The zero-order valence-corrected chi connectivity index (χ0v) is 15.5. The first-order valence-electron chi connectivity index (χ1n) is 9.09. The SMILES string of the molecule is CCc1ccc(CNCCN(CCNC[C@H](C)O)C[C@H](C)O)cc1. The third-order valence-electron chi connectivity index (χ3n) is 3.93. The minimum absolute atomic E-state index is 0.323. The number of hydrogen-bond donors (Lipinski definition) is 4. The Kier molecular flexibility index (Phi) is 10.9. The number of aliphatic hydroxyl groups excluding tert-OH is 2. The van der Waals surface area contributed by atoms with Gasteiger partial charge in [0.15, 0.2) is 0 Å². The fraction of sp³-hybridized carbons (Fsp3) is 0.684. The smallest absolute Gasteiger partial charge is 0.0639 e. The first-order chi connectivity index (χ1) is 11.5. The van der Waals surface area contributed by atoms with E-state index in [0.29, 0.717) is 13.1 Å². The predicted octanol–water partition coefficient (Wildman–Crippen LogP) is 0.992. The maximum absolute atomic E-state index is 9.63. The Morgan fingerprint density at radius 3 is 2.04 bits per heavy atom. The van der Waals surface area contributed by atoms with Crippen LogP contribution in [0.15, 0.2) is 24.3 Å². The zero-order valence-electron chi connectivity index (χ0n) is 15.5. The second kappa shape index (κ2) is 12.4. The minimum Gasteiger partial charge on any atom is -0.392 e. The Hall–Kier alpha value is -0.980. The van der Waals surface area contributed by atoms with Crippen LogP contribution in [0, 0.1) is 0 Å².